The van der Waals surface area contributed by atoms with Crippen molar-refractivity contribution < 1.29 is 16.8 Å². The smallest absolute Gasteiger partial charge is 0.242 e. The summed E-state index contributed by atoms with van der Waals surface area (Å²) in [6.07, 6.45) is 1.07. The molecule has 3 N–H and O–H groups in total. The molecule has 1 aromatic carbocycles. The van der Waals surface area contributed by atoms with E-state index < -0.39 is 25.1 Å². The number of hydrogen-bond acceptors (Lipinski definition) is 5. The summed E-state index contributed by atoms with van der Waals surface area (Å²) in [7, 11) is -6.98. The van der Waals surface area contributed by atoms with Gasteiger partial charge in [-0.05, 0) is 31.0 Å². The molecule has 1 aliphatic heterocycles. The Balaban J connectivity index is 2.16. The molecule has 0 aromatic heterocycles. The molecule has 0 spiro atoms. The van der Waals surface area contributed by atoms with Gasteiger partial charge in [0.1, 0.15) is 4.90 Å². The van der Waals surface area contributed by atoms with E-state index in [9.17, 15) is 16.8 Å². The maximum Gasteiger partial charge on any atom is 0.242 e. The van der Waals surface area contributed by atoms with Crippen LogP contribution in [-0.4, -0.2) is 34.4 Å². The Bertz CT molecular complexity index is 716. The second-order valence-corrected chi connectivity index (χ2v) is 9.72. The second kappa shape index (κ2) is 5.63. The van der Waals surface area contributed by atoms with E-state index in [1.807, 2.05) is 0 Å². The molecule has 0 saturated carbocycles. The summed E-state index contributed by atoms with van der Waals surface area (Å²) in [4.78, 5) is -0.0453. The molecule has 20 heavy (non-hydrogen) atoms. The Morgan fingerprint density at radius 2 is 2.10 bits per heavy atom. The van der Waals surface area contributed by atoms with Crippen molar-refractivity contribution in [2.75, 3.05) is 18.0 Å². The molecule has 112 valence electrons. The third-order valence-electron chi connectivity index (χ3n) is 3.23. The number of nitrogens with two attached hydrogens (primary N) is 1. The van der Waals surface area contributed by atoms with Crippen LogP contribution in [0.2, 0.25) is 0 Å². The number of sulfonamides is 1. The molecule has 1 unspecified atom stereocenters. The van der Waals surface area contributed by atoms with E-state index in [1.54, 1.807) is 6.07 Å². The van der Waals surface area contributed by atoms with Crippen LogP contribution >= 0.6 is 15.9 Å². The van der Waals surface area contributed by atoms with Gasteiger partial charge in [-0.25, -0.2) is 21.6 Å². The van der Waals surface area contributed by atoms with E-state index in [2.05, 4.69) is 20.7 Å². The minimum absolute atomic E-state index is 0.0453. The Morgan fingerprint density at radius 1 is 1.40 bits per heavy atom. The third-order valence-corrected chi connectivity index (χ3v) is 7.49. The SMILES string of the molecule is Nc1cc(Br)ccc1S(=O)(=O)NCC1CCCS1(=O)=O. The monoisotopic (exact) mass is 382 g/mol. The van der Waals surface area contributed by atoms with Crippen LogP contribution in [0.4, 0.5) is 5.69 Å². The highest BCUT2D eigenvalue weighted by Crippen LogP contribution is 2.24. The Labute approximate surface area is 126 Å². The van der Waals surface area contributed by atoms with Crippen molar-refractivity contribution in [2.45, 2.75) is 23.0 Å². The molecular weight excluding hydrogens is 368 g/mol. The Hall–Kier alpha value is -0.640. The molecule has 0 radical (unpaired) electrons. The summed E-state index contributed by atoms with van der Waals surface area (Å²) in [6, 6.07) is 4.43. The lowest BCUT2D eigenvalue weighted by Crippen LogP contribution is -2.34. The van der Waals surface area contributed by atoms with Gasteiger partial charge in [0.2, 0.25) is 10.0 Å². The molecule has 2 rings (SSSR count). The summed E-state index contributed by atoms with van der Waals surface area (Å²) in [6.45, 7) is -0.111. The minimum atomic E-state index is -3.81. The molecule has 1 saturated heterocycles. The normalized spacial score (nSPS) is 21.9. The summed E-state index contributed by atoms with van der Waals surface area (Å²) in [5, 5.41) is -0.644. The van der Waals surface area contributed by atoms with Crippen molar-refractivity contribution in [3.05, 3.63) is 22.7 Å². The van der Waals surface area contributed by atoms with E-state index in [4.69, 9.17) is 5.73 Å². The highest BCUT2D eigenvalue weighted by atomic mass is 79.9. The van der Waals surface area contributed by atoms with Crippen molar-refractivity contribution in [3.8, 4) is 0 Å². The zero-order chi connectivity index (χ0) is 15.0. The molecule has 0 aliphatic carbocycles. The molecule has 1 aliphatic rings. The van der Waals surface area contributed by atoms with Crippen molar-refractivity contribution in [2.24, 2.45) is 0 Å². The van der Waals surface area contributed by atoms with Gasteiger partial charge in [0.05, 0.1) is 16.7 Å². The van der Waals surface area contributed by atoms with E-state index in [0.717, 1.165) is 0 Å². The van der Waals surface area contributed by atoms with Gasteiger partial charge >= 0.3 is 0 Å². The zero-order valence-electron chi connectivity index (χ0n) is 10.5. The molecule has 6 nitrogen and oxygen atoms in total. The van der Waals surface area contributed by atoms with E-state index in [1.165, 1.54) is 12.1 Å². The summed E-state index contributed by atoms with van der Waals surface area (Å²) < 4.78 is 50.6. The number of benzene rings is 1. The van der Waals surface area contributed by atoms with Gasteiger partial charge in [-0.2, -0.15) is 0 Å². The quantitative estimate of drug-likeness (QED) is 0.751. The van der Waals surface area contributed by atoms with Gasteiger partial charge in [0, 0.05) is 11.0 Å². The summed E-state index contributed by atoms with van der Waals surface area (Å²) >= 11 is 3.20. The molecular formula is C11H15BrN2O4S2. The lowest BCUT2D eigenvalue weighted by atomic mass is 10.2. The fourth-order valence-electron chi connectivity index (χ4n) is 2.13. The Kier molecular flexibility index (Phi) is 4.43. The van der Waals surface area contributed by atoms with Crippen LogP contribution < -0.4 is 10.5 Å². The summed E-state index contributed by atoms with van der Waals surface area (Å²) in [5.41, 5.74) is 5.79. The number of nitrogen functional groups attached to an aromatic ring is 1. The van der Waals surface area contributed by atoms with Crippen molar-refractivity contribution in [3.63, 3.8) is 0 Å². The van der Waals surface area contributed by atoms with Gasteiger partial charge < -0.3 is 5.73 Å². The number of nitrogens with one attached hydrogen (secondary N) is 1. The first kappa shape index (κ1) is 15.7. The first-order chi connectivity index (χ1) is 9.22. The molecule has 1 aromatic rings. The molecule has 1 atom stereocenters. The van der Waals surface area contributed by atoms with Gasteiger partial charge in [0.15, 0.2) is 9.84 Å². The first-order valence-corrected chi connectivity index (χ1v) is 9.98. The average Bonchev–Trinajstić information content (AvgIpc) is 2.65. The van der Waals surface area contributed by atoms with Crippen LogP contribution in [0, 0.1) is 0 Å². The van der Waals surface area contributed by atoms with Gasteiger partial charge in [-0.1, -0.05) is 15.9 Å². The number of hydrogen-bond donors (Lipinski definition) is 2. The lowest BCUT2D eigenvalue weighted by molar-refractivity contribution is 0.571. The lowest BCUT2D eigenvalue weighted by Gasteiger charge is -2.12. The fourth-order valence-corrected chi connectivity index (χ4v) is 5.57. The molecule has 0 amide bonds. The number of halogens is 1. The van der Waals surface area contributed by atoms with Crippen molar-refractivity contribution in [1.82, 2.24) is 4.72 Å². The van der Waals surface area contributed by atoms with Crippen LogP contribution in [0.15, 0.2) is 27.6 Å². The van der Waals surface area contributed by atoms with Crippen molar-refractivity contribution >= 4 is 41.5 Å². The van der Waals surface area contributed by atoms with E-state index in [0.29, 0.717) is 17.3 Å². The highest BCUT2D eigenvalue weighted by molar-refractivity contribution is 9.10. The van der Waals surface area contributed by atoms with E-state index >= 15 is 0 Å². The van der Waals surface area contributed by atoms with Gasteiger partial charge in [-0.15, -0.1) is 0 Å². The third kappa shape index (κ3) is 3.33. The molecule has 1 heterocycles. The largest absolute Gasteiger partial charge is 0.398 e. The topological polar surface area (TPSA) is 106 Å². The van der Waals surface area contributed by atoms with Crippen LogP contribution in [-0.2, 0) is 19.9 Å². The number of sulfone groups is 1. The van der Waals surface area contributed by atoms with Crippen molar-refractivity contribution in [1.29, 1.82) is 0 Å². The molecule has 9 heteroatoms. The van der Waals surface area contributed by atoms with Crippen LogP contribution in [0.25, 0.3) is 0 Å². The zero-order valence-corrected chi connectivity index (χ0v) is 13.8. The highest BCUT2D eigenvalue weighted by Gasteiger charge is 2.32. The number of rotatable bonds is 4. The standard InChI is InChI=1S/C11H15BrN2O4S2/c12-8-3-4-11(10(13)6-8)20(17,18)14-7-9-2-1-5-19(9,15)16/h3-4,6,9,14H,1-2,5,7,13H2. The molecule has 0 bridgehead atoms. The maximum atomic E-state index is 12.1. The second-order valence-electron chi connectivity index (χ2n) is 4.67. The molecule has 1 fully saturated rings. The Morgan fingerprint density at radius 3 is 2.65 bits per heavy atom. The maximum absolute atomic E-state index is 12.1. The van der Waals surface area contributed by atoms with Crippen LogP contribution in [0.1, 0.15) is 12.8 Å². The van der Waals surface area contributed by atoms with Gasteiger partial charge in [0.25, 0.3) is 0 Å². The van der Waals surface area contributed by atoms with E-state index in [-0.39, 0.29) is 22.9 Å². The fraction of sp³-hybridized carbons (Fsp3) is 0.455. The predicted molar refractivity (Wildman–Crippen MR) is 80.6 cm³/mol. The number of anilines is 1. The van der Waals surface area contributed by atoms with Gasteiger partial charge in [-0.3, -0.25) is 0 Å². The average molecular weight is 383 g/mol. The minimum Gasteiger partial charge on any atom is -0.398 e. The summed E-state index contributed by atoms with van der Waals surface area (Å²) in [5.74, 6) is 0.125. The predicted octanol–water partition coefficient (Wildman–Crippen LogP) is 0.887. The van der Waals surface area contributed by atoms with Crippen LogP contribution in [0.3, 0.4) is 0 Å². The first-order valence-electron chi connectivity index (χ1n) is 5.99. The van der Waals surface area contributed by atoms with Crippen LogP contribution in [0.5, 0.6) is 0 Å².